The molecule has 2 fully saturated rings. The first kappa shape index (κ1) is 15.8. The maximum Gasteiger partial charge on any atom is 0.220 e. The molecule has 1 saturated carbocycles. The molecule has 0 atom stereocenters. The molecule has 0 bridgehead atoms. The van der Waals surface area contributed by atoms with E-state index in [1.807, 2.05) is 0 Å². The topological polar surface area (TPSA) is 41.6 Å². The van der Waals surface area contributed by atoms with Crippen molar-refractivity contribution in [1.82, 2.24) is 10.2 Å². The largest absolute Gasteiger partial charge is 0.383 e. The van der Waals surface area contributed by atoms with Crippen molar-refractivity contribution in [3.63, 3.8) is 0 Å². The number of rotatable bonds is 7. The van der Waals surface area contributed by atoms with Crippen LogP contribution in [0.5, 0.6) is 0 Å². The van der Waals surface area contributed by atoms with Gasteiger partial charge < -0.3 is 15.0 Å². The van der Waals surface area contributed by atoms with Gasteiger partial charge in [-0.2, -0.15) is 0 Å². The summed E-state index contributed by atoms with van der Waals surface area (Å²) < 4.78 is 5.11. The summed E-state index contributed by atoms with van der Waals surface area (Å²) in [5.41, 5.74) is 0. The highest BCUT2D eigenvalue weighted by Gasteiger charge is 2.21. The normalized spacial score (nSPS) is 22.2. The van der Waals surface area contributed by atoms with Crippen LogP contribution in [0, 0.1) is 11.8 Å². The molecule has 0 aromatic heterocycles. The van der Waals surface area contributed by atoms with Gasteiger partial charge in [-0.05, 0) is 50.6 Å². The smallest absolute Gasteiger partial charge is 0.220 e. The van der Waals surface area contributed by atoms with Gasteiger partial charge in [-0.25, -0.2) is 0 Å². The Morgan fingerprint density at radius 1 is 1.15 bits per heavy atom. The minimum absolute atomic E-state index is 0.277. The zero-order valence-corrected chi connectivity index (χ0v) is 12.9. The molecule has 1 saturated heterocycles. The van der Waals surface area contributed by atoms with Gasteiger partial charge in [-0.3, -0.25) is 4.79 Å². The van der Waals surface area contributed by atoms with Crippen LogP contribution in [0.25, 0.3) is 0 Å². The molecule has 1 amide bonds. The lowest BCUT2D eigenvalue weighted by molar-refractivity contribution is -0.122. The van der Waals surface area contributed by atoms with Crippen molar-refractivity contribution in [3.05, 3.63) is 0 Å². The number of nitrogens with zero attached hydrogens (tertiary/aromatic N) is 1. The molecule has 4 nitrogen and oxygen atoms in total. The van der Waals surface area contributed by atoms with Crippen LogP contribution in [0.2, 0.25) is 0 Å². The molecule has 1 heterocycles. The first-order chi connectivity index (χ1) is 9.78. The third kappa shape index (κ3) is 5.41. The molecule has 0 unspecified atom stereocenters. The van der Waals surface area contributed by atoms with Gasteiger partial charge in [0, 0.05) is 26.6 Å². The number of nitrogens with one attached hydrogen (secondary N) is 1. The van der Waals surface area contributed by atoms with E-state index < -0.39 is 0 Å². The molecule has 2 rings (SSSR count). The lowest BCUT2D eigenvalue weighted by Gasteiger charge is -2.31. The van der Waals surface area contributed by atoms with Crippen molar-refractivity contribution < 1.29 is 9.53 Å². The van der Waals surface area contributed by atoms with E-state index in [1.54, 1.807) is 7.11 Å². The standard InChI is InChI=1S/C16H30N2O2/c1-20-11-10-18-8-6-15(7-9-18)13-17-16(19)12-14-4-2-3-5-14/h14-15H,2-13H2,1H3,(H,17,19). The molecule has 1 aliphatic carbocycles. The molecule has 0 radical (unpaired) electrons. The Labute approximate surface area is 123 Å². The van der Waals surface area contributed by atoms with Crippen LogP contribution in [-0.4, -0.2) is 50.7 Å². The fourth-order valence-electron chi connectivity index (χ4n) is 3.44. The third-order valence-corrected chi connectivity index (χ3v) is 4.86. The predicted molar refractivity (Wildman–Crippen MR) is 80.6 cm³/mol. The average molecular weight is 282 g/mol. The van der Waals surface area contributed by atoms with E-state index in [9.17, 15) is 4.79 Å². The second kappa shape index (κ2) is 8.63. The van der Waals surface area contributed by atoms with E-state index >= 15 is 0 Å². The van der Waals surface area contributed by atoms with Crippen molar-refractivity contribution in [2.45, 2.75) is 44.9 Å². The molecule has 20 heavy (non-hydrogen) atoms. The van der Waals surface area contributed by atoms with Crippen LogP contribution < -0.4 is 5.32 Å². The lowest BCUT2D eigenvalue weighted by atomic mass is 9.96. The highest BCUT2D eigenvalue weighted by Crippen LogP contribution is 2.27. The summed E-state index contributed by atoms with van der Waals surface area (Å²) in [4.78, 5) is 14.4. The van der Waals surface area contributed by atoms with Gasteiger partial charge >= 0.3 is 0 Å². The second-order valence-electron chi connectivity index (χ2n) is 6.44. The minimum Gasteiger partial charge on any atom is -0.383 e. The minimum atomic E-state index is 0.277. The highest BCUT2D eigenvalue weighted by atomic mass is 16.5. The van der Waals surface area contributed by atoms with E-state index in [1.165, 1.54) is 38.5 Å². The van der Waals surface area contributed by atoms with Crippen molar-refractivity contribution >= 4 is 5.91 Å². The summed E-state index contributed by atoms with van der Waals surface area (Å²) in [7, 11) is 1.76. The van der Waals surface area contributed by atoms with Crippen molar-refractivity contribution in [2.24, 2.45) is 11.8 Å². The third-order valence-electron chi connectivity index (χ3n) is 4.86. The number of carbonyl (C=O) groups is 1. The summed E-state index contributed by atoms with van der Waals surface area (Å²) in [6, 6.07) is 0. The Kier molecular flexibility index (Phi) is 6.80. The molecule has 0 spiro atoms. The fraction of sp³-hybridized carbons (Fsp3) is 0.938. The van der Waals surface area contributed by atoms with E-state index in [2.05, 4.69) is 10.2 Å². The Bertz CT molecular complexity index is 282. The van der Waals surface area contributed by atoms with Crippen LogP contribution in [0.4, 0.5) is 0 Å². The van der Waals surface area contributed by atoms with Gasteiger partial charge in [0.05, 0.1) is 6.61 Å². The number of amides is 1. The second-order valence-corrected chi connectivity index (χ2v) is 6.44. The molecule has 0 aromatic rings. The number of ether oxygens (including phenoxy) is 1. The van der Waals surface area contributed by atoms with Gasteiger partial charge in [-0.15, -0.1) is 0 Å². The Morgan fingerprint density at radius 2 is 1.85 bits per heavy atom. The van der Waals surface area contributed by atoms with E-state index in [0.29, 0.717) is 11.8 Å². The van der Waals surface area contributed by atoms with E-state index in [4.69, 9.17) is 4.74 Å². The van der Waals surface area contributed by atoms with Gasteiger partial charge in [-0.1, -0.05) is 12.8 Å². The zero-order chi connectivity index (χ0) is 14.2. The summed E-state index contributed by atoms with van der Waals surface area (Å²) in [6.45, 7) is 5.03. The number of hydrogen-bond acceptors (Lipinski definition) is 3. The summed E-state index contributed by atoms with van der Waals surface area (Å²) in [5, 5.41) is 3.16. The molecule has 4 heteroatoms. The quantitative estimate of drug-likeness (QED) is 0.777. The van der Waals surface area contributed by atoms with E-state index in [0.717, 1.165) is 39.2 Å². The number of likely N-dealkylation sites (tertiary alicyclic amines) is 1. The van der Waals surface area contributed by atoms with Gasteiger partial charge in [0.15, 0.2) is 0 Å². The molecule has 116 valence electrons. The first-order valence-corrected chi connectivity index (χ1v) is 8.26. The highest BCUT2D eigenvalue weighted by molar-refractivity contribution is 5.76. The molecule has 1 N–H and O–H groups in total. The van der Waals surface area contributed by atoms with Crippen LogP contribution in [0.3, 0.4) is 0 Å². The zero-order valence-electron chi connectivity index (χ0n) is 12.9. The van der Waals surface area contributed by atoms with E-state index in [-0.39, 0.29) is 5.91 Å². The number of hydrogen-bond donors (Lipinski definition) is 1. The summed E-state index contributed by atoms with van der Waals surface area (Å²) in [5.74, 6) is 1.60. The van der Waals surface area contributed by atoms with Crippen molar-refractivity contribution in [1.29, 1.82) is 0 Å². The summed E-state index contributed by atoms with van der Waals surface area (Å²) >= 11 is 0. The fourth-order valence-corrected chi connectivity index (χ4v) is 3.44. The maximum atomic E-state index is 11.9. The lowest BCUT2D eigenvalue weighted by Crippen LogP contribution is -2.40. The maximum absolute atomic E-state index is 11.9. The number of piperidine rings is 1. The average Bonchev–Trinajstić information content (AvgIpc) is 2.97. The Hall–Kier alpha value is -0.610. The predicted octanol–water partition coefficient (Wildman–Crippen LogP) is 2.04. The monoisotopic (exact) mass is 282 g/mol. The van der Waals surface area contributed by atoms with Gasteiger partial charge in [0.1, 0.15) is 0 Å². The van der Waals surface area contributed by atoms with Gasteiger partial charge in [0.2, 0.25) is 5.91 Å². The van der Waals surface area contributed by atoms with Crippen LogP contribution in [0.1, 0.15) is 44.9 Å². The summed E-state index contributed by atoms with van der Waals surface area (Å²) in [6.07, 6.45) is 8.31. The molecular weight excluding hydrogens is 252 g/mol. The SMILES string of the molecule is COCCN1CCC(CNC(=O)CC2CCCC2)CC1. The number of methoxy groups -OCH3 is 1. The molecule has 0 aromatic carbocycles. The van der Waals surface area contributed by atoms with Crippen molar-refractivity contribution in [3.8, 4) is 0 Å². The molecule has 2 aliphatic rings. The van der Waals surface area contributed by atoms with Crippen LogP contribution in [-0.2, 0) is 9.53 Å². The number of carbonyl (C=O) groups excluding carboxylic acids is 1. The molecule has 1 aliphatic heterocycles. The Balaban J connectivity index is 1.55. The van der Waals surface area contributed by atoms with Gasteiger partial charge in [0.25, 0.3) is 0 Å². The molecular formula is C16H30N2O2. The van der Waals surface area contributed by atoms with Crippen molar-refractivity contribution in [2.75, 3.05) is 39.9 Å². The van der Waals surface area contributed by atoms with Crippen LogP contribution >= 0.6 is 0 Å². The van der Waals surface area contributed by atoms with Crippen LogP contribution in [0.15, 0.2) is 0 Å². The Morgan fingerprint density at radius 3 is 2.50 bits per heavy atom. The first-order valence-electron chi connectivity index (χ1n) is 8.26.